The first-order chi connectivity index (χ1) is 13.6. The number of hydrogen-bond acceptors (Lipinski definition) is 2. The van der Waals surface area contributed by atoms with E-state index in [2.05, 4.69) is 0 Å². The summed E-state index contributed by atoms with van der Waals surface area (Å²) in [4.78, 5) is 30.3. The Morgan fingerprint density at radius 3 is 2.25 bits per heavy atom. The van der Waals surface area contributed by atoms with Crippen molar-refractivity contribution in [3.8, 4) is 0 Å². The van der Waals surface area contributed by atoms with Crippen molar-refractivity contribution in [1.82, 2.24) is 4.90 Å². The molecule has 0 aromatic heterocycles. The Morgan fingerprint density at radius 1 is 0.821 bits per heavy atom. The molecular weight excluding hydrogens is 348 g/mol. The molecule has 2 aliphatic rings. The first-order valence-corrected chi connectivity index (χ1v) is 9.50. The van der Waals surface area contributed by atoms with Crippen LogP contribution in [0.1, 0.15) is 33.2 Å². The summed E-state index contributed by atoms with van der Waals surface area (Å²) in [5.41, 5.74) is 4.60. The van der Waals surface area contributed by atoms with E-state index in [9.17, 15) is 9.59 Å². The van der Waals surface area contributed by atoms with Gasteiger partial charge >= 0.3 is 0 Å². The van der Waals surface area contributed by atoms with E-state index in [1.54, 1.807) is 9.80 Å². The summed E-state index contributed by atoms with van der Waals surface area (Å²) in [6.07, 6.45) is 0.130. The molecule has 4 heteroatoms. The molecule has 5 rings (SSSR count). The van der Waals surface area contributed by atoms with E-state index in [1.165, 1.54) is 0 Å². The van der Waals surface area contributed by atoms with Crippen LogP contribution in [0.5, 0.6) is 0 Å². The van der Waals surface area contributed by atoms with Gasteiger partial charge in [0.15, 0.2) is 0 Å². The Hall–Kier alpha value is -3.40. The lowest BCUT2D eigenvalue weighted by Gasteiger charge is -2.25. The molecule has 0 N–H and O–H groups in total. The summed E-state index contributed by atoms with van der Waals surface area (Å²) in [5, 5.41) is 0. The van der Waals surface area contributed by atoms with Gasteiger partial charge in [0.2, 0.25) is 0 Å². The largest absolute Gasteiger partial charge is 0.301 e. The van der Waals surface area contributed by atoms with Gasteiger partial charge in [0.05, 0.1) is 0 Å². The van der Waals surface area contributed by atoms with Gasteiger partial charge < -0.3 is 4.90 Å². The highest BCUT2D eigenvalue weighted by molar-refractivity contribution is 6.10. The number of hydrogen-bond donors (Lipinski definition) is 0. The zero-order valence-electron chi connectivity index (χ0n) is 15.6. The van der Waals surface area contributed by atoms with Gasteiger partial charge in [-0.15, -0.1) is 0 Å². The molecule has 2 amide bonds. The van der Waals surface area contributed by atoms with Crippen LogP contribution in [0.15, 0.2) is 78.9 Å². The zero-order valence-corrected chi connectivity index (χ0v) is 15.6. The Labute approximate surface area is 164 Å². The van der Waals surface area contributed by atoms with Crippen molar-refractivity contribution in [3.63, 3.8) is 0 Å². The molecule has 0 aliphatic carbocycles. The Kier molecular flexibility index (Phi) is 3.79. The molecule has 0 radical (unpaired) electrons. The number of carbonyl (C=O) groups is 2. The minimum atomic E-state index is -0.506. The summed E-state index contributed by atoms with van der Waals surface area (Å²) in [5.74, 6) is -0.0925. The van der Waals surface area contributed by atoms with Crippen LogP contribution < -0.4 is 4.90 Å². The van der Waals surface area contributed by atoms with Crippen molar-refractivity contribution >= 4 is 17.5 Å². The lowest BCUT2D eigenvalue weighted by Crippen LogP contribution is -2.37. The highest BCUT2D eigenvalue weighted by Gasteiger charge is 2.54. The summed E-state index contributed by atoms with van der Waals surface area (Å²) >= 11 is 0. The molecule has 0 unspecified atom stereocenters. The van der Waals surface area contributed by atoms with Gasteiger partial charge in [-0.2, -0.15) is 0 Å². The number of fused-ring (bicyclic) bond motifs is 3. The number of aryl methyl sites for hydroxylation is 1. The maximum atomic E-state index is 13.5. The first kappa shape index (κ1) is 16.8. The maximum Gasteiger partial charge on any atom is 0.256 e. The van der Waals surface area contributed by atoms with Crippen LogP contribution >= 0.6 is 0 Å². The summed E-state index contributed by atoms with van der Waals surface area (Å²) in [7, 11) is 0. The smallest absolute Gasteiger partial charge is 0.256 e. The predicted molar refractivity (Wildman–Crippen MR) is 108 cm³/mol. The minimum absolute atomic E-state index is 0.0273. The van der Waals surface area contributed by atoms with E-state index in [4.69, 9.17) is 0 Å². The van der Waals surface area contributed by atoms with Crippen LogP contribution in [0.2, 0.25) is 0 Å². The fourth-order valence-electron chi connectivity index (χ4n) is 4.29. The molecule has 2 heterocycles. The van der Waals surface area contributed by atoms with E-state index in [0.717, 1.165) is 22.4 Å². The Balaban J connectivity index is 1.62. The van der Waals surface area contributed by atoms with Gasteiger partial charge in [-0.1, -0.05) is 66.2 Å². The quantitative estimate of drug-likeness (QED) is 0.698. The summed E-state index contributed by atoms with van der Waals surface area (Å²) in [6.45, 7) is 2.02. The third-order valence-corrected chi connectivity index (χ3v) is 5.65. The number of carbonyl (C=O) groups excluding carboxylic acids is 2. The van der Waals surface area contributed by atoms with Crippen LogP contribution in [0.3, 0.4) is 0 Å². The number of amides is 2. The Morgan fingerprint density at radius 2 is 1.50 bits per heavy atom. The van der Waals surface area contributed by atoms with E-state index >= 15 is 0 Å². The van der Waals surface area contributed by atoms with E-state index in [0.29, 0.717) is 12.0 Å². The van der Waals surface area contributed by atoms with Crippen LogP contribution in [0.4, 0.5) is 5.69 Å². The van der Waals surface area contributed by atoms with Gasteiger partial charge in [0.1, 0.15) is 12.2 Å². The first-order valence-electron chi connectivity index (χ1n) is 9.50. The third-order valence-electron chi connectivity index (χ3n) is 5.65. The fourth-order valence-corrected chi connectivity index (χ4v) is 4.29. The van der Waals surface area contributed by atoms with Crippen LogP contribution in [-0.4, -0.2) is 22.8 Å². The standard InChI is InChI=1S/C24H20N2O2/c1-16-11-13-18(14-12-16)25-22-19-9-5-6-10-20(19)23(27)26(22)21(24(25)28)15-17-7-3-2-4-8-17/h2-14,21-22H,15H2,1H3/t21-,22-/m1/s1. The molecule has 0 bridgehead atoms. The molecule has 2 atom stereocenters. The van der Waals surface area contributed by atoms with Crippen molar-refractivity contribution in [2.75, 3.05) is 4.90 Å². The van der Waals surface area contributed by atoms with Crippen molar-refractivity contribution < 1.29 is 9.59 Å². The lowest BCUT2D eigenvalue weighted by molar-refractivity contribution is -0.119. The van der Waals surface area contributed by atoms with Crippen LogP contribution in [-0.2, 0) is 11.2 Å². The average Bonchev–Trinajstić information content (AvgIpc) is 3.17. The molecule has 0 saturated carbocycles. The SMILES string of the molecule is Cc1ccc(N2C(=O)[C@@H](Cc3ccccc3)N3C(=O)c4ccccc4[C@H]23)cc1. The highest BCUT2D eigenvalue weighted by Crippen LogP contribution is 2.45. The Bertz CT molecular complexity index is 1060. The molecule has 0 spiro atoms. The molecule has 138 valence electrons. The average molecular weight is 368 g/mol. The van der Waals surface area contributed by atoms with Gasteiger partial charge in [0.25, 0.3) is 11.8 Å². The monoisotopic (exact) mass is 368 g/mol. The minimum Gasteiger partial charge on any atom is -0.301 e. The van der Waals surface area contributed by atoms with E-state index in [-0.39, 0.29) is 18.0 Å². The highest BCUT2D eigenvalue weighted by atomic mass is 16.2. The van der Waals surface area contributed by atoms with Crippen molar-refractivity contribution in [3.05, 3.63) is 101 Å². The fraction of sp³-hybridized carbons (Fsp3) is 0.167. The number of anilines is 1. The normalized spacial score (nSPS) is 20.5. The number of nitrogens with zero attached hydrogens (tertiary/aromatic N) is 2. The lowest BCUT2D eigenvalue weighted by atomic mass is 10.0. The molecular formula is C24H20N2O2. The molecule has 4 nitrogen and oxygen atoms in total. The topological polar surface area (TPSA) is 40.6 Å². The molecule has 28 heavy (non-hydrogen) atoms. The van der Waals surface area contributed by atoms with Gasteiger partial charge in [-0.3, -0.25) is 14.5 Å². The van der Waals surface area contributed by atoms with Crippen molar-refractivity contribution in [1.29, 1.82) is 0 Å². The second-order valence-electron chi connectivity index (χ2n) is 7.42. The van der Waals surface area contributed by atoms with Gasteiger partial charge in [-0.25, -0.2) is 0 Å². The van der Waals surface area contributed by atoms with Crippen LogP contribution in [0, 0.1) is 6.92 Å². The molecule has 3 aromatic rings. The van der Waals surface area contributed by atoms with Crippen molar-refractivity contribution in [2.45, 2.75) is 25.6 Å². The molecule has 3 aromatic carbocycles. The number of benzene rings is 3. The predicted octanol–water partition coefficient (Wildman–Crippen LogP) is 4.11. The van der Waals surface area contributed by atoms with Gasteiger partial charge in [-0.05, 0) is 30.7 Å². The molecule has 1 fully saturated rings. The maximum absolute atomic E-state index is 13.5. The van der Waals surface area contributed by atoms with Crippen LogP contribution in [0.25, 0.3) is 0 Å². The van der Waals surface area contributed by atoms with E-state index < -0.39 is 6.04 Å². The molecule has 1 saturated heterocycles. The molecule has 2 aliphatic heterocycles. The summed E-state index contributed by atoms with van der Waals surface area (Å²) in [6, 6.07) is 24.9. The zero-order chi connectivity index (χ0) is 19.3. The van der Waals surface area contributed by atoms with Crippen molar-refractivity contribution in [2.24, 2.45) is 0 Å². The third kappa shape index (κ3) is 2.45. The second kappa shape index (κ2) is 6.34. The van der Waals surface area contributed by atoms with E-state index in [1.807, 2.05) is 85.8 Å². The second-order valence-corrected chi connectivity index (χ2v) is 7.42. The summed E-state index contributed by atoms with van der Waals surface area (Å²) < 4.78 is 0. The van der Waals surface area contributed by atoms with Gasteiger partial charge in [0, 0.05) is 23.2 Å². The number of rotatable bonds is 3.